The number of fused-ring (bicyclic) bond motifs is 1. The van der Waals surface area contributed by atoms with Crippen LogP contribution in [0.5, 0.6) is 0 Å². The summed E-state index contributed by atoms with van der Waals surface area (Å²) in [5.41, 5.74) is -5.73. The Morgan fingerprint density at radius 1 is 0.952 bits per heavy atom. The molecule has 0 aromatic carbocycles. The molecule has 0 aromatic heterocycles. The summed E-state index contributed by atoms with van der Waals surface area (Å²) in [5, 5.41) is 12.5. The van der Waals surface area contributed by atoms with Gasteiger partial charge in [-0.2, -0.15) is 0 Å². The van der Waals surface area contributed by atoms with Crippen molar-refractivity contribution in [3.63, 3.8) is 0 Å². The zero-order valence-electron chi connectivity index (χ0n) is 25.5. The Bertz CT molecular complexity index is 1190. The predicted molar refractivity (Wildman–Crippen MR) is 143 cm³/mol. The second kappa shape index (κ2) is 10.9. The molecule has 1 spiro atoms. The average Bonchev–Trinajstić information content (AvgIpc) is 3.44. The van der Waals surface area contributed by atoms with Crippen LogP contribution < -0.4 is 0 Å². The number of aliphatic hydroxyl groups is 1. The van der Waals surface area contributed by atoms with Crippen LogP contribution in [0.3, 0.4) is 0 Å². The molecule has 0 unspecified atom stereocenters. The first-order valence-electron chi connectivity index (χ1n) is 14.5. The summed E-state index contributed by atoms with van der Waals surface area (Å²) in [5.74, 6) is -4.50. The summed E-state index contributed by atoms with van der Waals surface area (Å²) >= 11 is 0. The third-order valence-corrected chi connectivity index (χ3v) is 9.49. The smallest absolute Gasteiger partial charge is 0.342 e. The molecule has 10 atom stereocenters. The normalized spacial score (nSPS) is 43.6. The maximum atomic E-state index is 13.1. The number of ether oxygens (including phenoxy) is 6. The summed E-state index contributed by atoms with van der Waals surface area (Å²) in [4.78, 5) is 63.7. The van der Waals surface area contributed by atoms with Crippen molar-refractivity contribution in [2.45, 2.75) is 135 Å². The van der Waals surface area contributed by atoms with Gasteiger partial charge in [-0.1, -0.05) is 19.4 Å². The van der Waals surface area contributed by atoms with E-state index < -0.39 is 88.5 Å². The Kier molecular flexibility index (Phi) is 8.31. The molecule has 0 amide bonds. The Balaban J connectivity index is 2.03. The molecule has 2 heterocycles. The van der Waals surface area contributed by atoms with Gasteiger partial charge in [-0.25, -0.2) is 4.79 Å². The van der Waals surface area contributed by atoms with E-state index in [1.165, 1.54) is 34.6 Å². The molecule has 2 aliphatic carbocycles. The molecular formula is C30H42O12. The van der Waals surface area contributed by atoms with Crippen molar-refractivity contribution in [1.82, 2.24) is 0 Å². The molecule has 4 aliphatic rings. The Morgan fingerprint density at radius 2 is 1.55 bits per heavy atom. The zero-order valence-corrected chi connectivity index (χ0v) is 25.5. The lowest BCUT2D eigenvalue weighted by atomic mass is 9.51. The van der Waals surface area contributed by atoms with Crippen LogP contribution in [-0.4, -0.2) is 82.3 Å². The van der Waals surface area contributed by atoms with Crippen molar-refractivity contribution in [3.8, 4) is 0 Å². The van der Waals surface area contributed by atoms with Gasteiger partial charge in [0, 0.05) is 39.5 Å². The van der Waals surface area contributed by atoms with Gasteiger partial charge in [0.1, 0.15) is 30.0 Å². The zero-order chi connectivity index (χ0) is 31.4. The molecular weight excluding hydrogens is 552 g/mol. The maximum absolute atomic E-state index is 13.1. The van der Waals surface area contributed by atoms with E-state index in [1.54, 1.807) is 19.9 Å². The monoisotopic (exact) mass is 594 g/mol. The molecule has 2 saturated heterocycles. The summed E-state index contributed by atoms with van der Waals surface area (Å²) in [6.45, 7) is 12.0. The number of epoxide rings is 1. The minimum absolute atomic E-state index is 0.0792. The lowest BCUT2D eigenvalue weighted by Crippen LogP contribution is -2.72. The SMILES string of the molecule is CCCC(=O)O[C@@H]1C[C@H](OC(C)=O)[C@]2(C)[C@@H](OC(C)=O)CC/C(C)=C\[C@@H]3OC(=O)[C@]4(C)O[C@]34[C@@H](OC(C)=O)[C@H]2[C@@]1(C)O. The molecule has 3 fully saturated rings. The topological polar surface area (TPSA) is 164 Å². The van der Waals surface area contributed by atoms with E-state index in [9.17, 15) is 29.1 Å². The third kappa shape index (κ3) is 5.00. The first kappa shape index (κ1) is 31.9. The van der Waals surface area contributed by atoms with E-state index in [0.29, 0.717) is 12.8 Å². The minimum atomic E-state index is -1.97. The van der Waals surface area contributed by atoms with E-state index in [-0.39, 0.29) is 19.3 Å². The molecule has 0 bridgehead atoms. The van der Waals surface area contributed by atoms with E-state index in [2.05, 4.69) is 0 Å². The number of hydrogen-bond acceptors (Lipinski definition) is 12. The van der Waals surface area contributed by atoms with E-state index in [1.807, 2.05) is 6.92 Å². The lowest BCUT2D eigenvalue weighted by molar-refractivity contribution is -0.277. The van der Waals surface area contributed by atoms with Gasteiger partial charge in [-0.05, 0) is 46.1 Å². The van der Waals surface area contributed by atoms with Gasteiger partial charge < -0.3 is 33.5 Å². The highest BCUT2D eigenvalue weighted by atomic mass is 16.7. The molecule has 42 heavy (non-hydrogen) atoms. The van der Waals surface area contributed by atoms with Crippen molar-refractivity contribution in [2.24, 2.45) is 11.3 Å². The fourth-order valence-electron chi connectivity index (χ4n) is 7.51. The highest BCUT2D eigenvalue weighted by Gasteiger charge is 2.88. The van der Waals surface area contributed by atoms with Crippen molar-refractivity contribution in [3.05, 3.63) is 11.6 Å². The van der Waals surface area contributed by atoms with Crippen LogP contribution in [0, 0.1) is 11.3 Å². The molecule has 0 aromatic rings. The van der Waals surface area contributed by atoms with Crippen molar-refractivity contribution < 1.29 is 57.5 Å². The van der Waals surface area contributed by atoms with E-state index in [4.69, 9.17) is 28.4 Å². The lowest BCUT2D eigenvalue weighted by Gasteiger charge is -2.59. The van der Waals surface area contributed by atoms with Crippen LogP contribution in [-0.2, 0) is 52.4 Å². The second-order valence-corrected chi connectivity index (χ2v) is 12.6. The van der Waals surface area contributed by atoms with Gasteiger partial charge in [0.05, 0.1) is 5.41 Å². The predicted octanol–water partition coefficient (Wildman–Crippen LogP) is 2.46. The van der Waals surface area contributed by atoms with Crippen molar-refractivity contribution in [1.29, 1.82) is 0 Å². The van der Waals surface area contributed by atoms with Gasteiger partial charge in [-0.3, -0.25) is 19.2 Å². The van der Waals surface area contributed by atoms with Gasteiger partial charge in [0.2, 0.25) is 0 Å². The summed E-state index contributed by atoms with van der Waals surface area (Å²) < 4.78 is 35.5. The molecule has 1 saturated carbocycles. The van der Waals surface area contributed by atoms with Gasteiger partial charge in [-0.15, -0.1) is 0 Å². The molecule has 234 valence electrons. The number of carbonyl (C=O) groups excluding carboxylic acids is 5. The molecule has 2 aliphatic heterocycles. The number of carbonyl (C=O) groups is 5. The number of rotatable bonds is 6. The highest BCUT2D eigenvalue weighted by molar-refractivity contribution is 5.89. The van der Waals surface area contributed by atoms with Crippen molar-refractivity contribution in [2.75, 3.05) is 0 Å². The molecule has 1 N–H and O–H groups in total. The fraction of sp³-hybridized carbons (Fsp3) is 0.767. The van der Waals surface area contributed by atoms with Gasteiger partial charge in [0.15, 0.2) is 17.3 Å². The van der Waals surface area contributed by atoms with Crippen LogP contribution in [0.15, 0.2) is 11.6 Å². The largest absolute Gasteiger partial charge is 0.462 e. The standard InChI is InChI=1S/C30H42O12/c1-9-10-23(34)40-21-14-20(38-17(4)32)27(6)19(37-16(3)31)12-11-15(2)13-22-30(29(8,42-30)26(35)41-22)25(39-18(5)33)24(27)28(21,7)36/h13,19-22,24-25,36H,9-12,14H2,1-8H3/b15-13-/t19-,20-,21+,22-,24+,25-,27-,28-,29-,30-/m0/s1. The molecule has 0 radical (unpaired) electrons. The number of hydrogen-bond donors (Lipinski definition) is 1. The Labute approximate surface area is 245 Å². The molecule has 4 rings (SSSR count). The van der Waals surface area contributed by atoms with Crippen LogP contribution in [0.2, 0.25) is 0 Å². The first-order valence-corrected chi connectivity index (χ1v) is 14.5. The molecule has 12 heteroatoms. The summed E-state index contributed by atoms with van der Waals surface area (Å²) in [7, 11) is 0. The van der Waals surface area contributed by atoms with Crippen LogP contribution >= 0.6 is 0 Å². The second-order valence-electron chi connectivity index (χ2n) is 12.6. The Hall–Kier alpha value is -2.99. The third-order valence-electron chi connectivity index (χ3n) is 9.49. The first-order chi connectivity index (χ1) is 19.4. The number of allylic oxidation sites excluding steroid dienone is 1. The van der Waals surface area contributed by atoms with Gasteiger partial charge in [0.25, 0.3) is 0 Å². The quantitative estimate of drug-likeness (QED) is 0.207. The van der Waals surface area contributed by atoms with Gasteiger partial charge >= 0.3 is 29.8 Å². The highest BCUT2D eigenvalue weighted by Crippen LogP contribution is 2.66. The Morgan fingerprint density at radius 3 is 2.10 bits per heavy atom. The maximum Gasteiger partial charge on any atom is 0.342 e. The molecule has 12 nitrogen and oxygen atoms in total. The van der Waals surface area contributed by atoms with E-state index in [0.717, 1.165) is 5.57 Å². The van der Waals surface area contributed by atoms with Crippen LogP contribution in [0.1, 0.15) is 87.5 Å². The minimum Gasteiger partial charge on any atom is -0.462 e. The fourth-order valence-corrected chi connectivity index (χ4v) is 7.51. The van der Waals surface area contributed by atoms with Crippen LogP contribution in [0.25, 0.3) is 0 Å². The average molecular weight is 595 g/mol. The van der Waals surface area contributed by atoms with E-state index >= 15 is 0 Å². The van der Waals surface area contributed by atoms with Crippen LogP contribution in [0.4, 0.5) is 0 Å². The number of esters is 5. The van der Waals surface area contributed by atoms with Crippen molar-refractivity contribution >= 4 is 29.8 Å². The summed E-state index contributed by atoms with van der Waals surface area (Å²) in [6.07, 6.45) is -2.87. The summed E-state index contributed by atoms with van der Waals surface area (Å²) in [6, 6.07) is 0.